The number of amides is 2. The van der Waals surface area contributed by atoms with E-state index in [2.05, 4.69) is 11.9 Å². The zero-order valence-electron chi connectivity index (χ0n) is 16.5. The number of carbonyl (C=O) groups excluding carboxylic acids is 2. The van der Waals surface area contributed by atoms with E-state index in [9.17, 15) is 14.4 Å². The van der Waals surface area contributed by atoms with Gasteiger partial charge in [0.2, 0.25) is 5.91 Å². The molecule has 0 spiro atoms. The number of nitrogens with zero attached hydrogens (tertiary/aromatic N) is 2. The van der Waals surface area contributed by atoms with Crippen molar-refractivity contribution < 1.29 is 24.2 Å². The summed E-state index contributed by atoms with van der Waals surface area (Å²) in [7, 11) is 5.52. The molecular weight excluding hydrogens is 326 g/mol. The first-order valence-electron chi connectivity index (χ1n) is 8.01. The molecule has 0 aliphatic heterocycles. The highest BCUT2D eigenvalue weighted by Crippen LogP contribution is 2.08. The second kappa shape index (κ2) is 12.2. The summed E-state index contributed by atoms with van der Waals surface area (Å²) in [6, 6.07) is 0. The summed E-state index contributed by atoms with van der Waals surface area (Å²) in [5, 5.41) is 10.9. The van der Waals surface area contributed by atoms with E-state index in [-0.39, 0.29) is 25.3 Å². The van der Waals surface area contributed by atoms with Gasteiger partial charge in [-0.2, -0.15) is 0 Å². The molecule has 0 aromatic rings. The third-order valence-electron chi connectivity index (χ3n) is 2.80. The zero-order valence-corrected chi connectivity index (χ0v) is 16.5. The molecule has 0 atom stereocenters. The first-order chi connectivity index (χ1) is 11.3. The Labute approximate surface area is 150 Å². The highest BCUT2D eigenvalue weighted by atomic mass is 16.6. The molecule has 0 fully saturated rings. The van der Waals surface area contributed by atoms with Gasteiger partial charge in [-0.05, 0) is 27.7 Å². The van der Waals surface area contributed by atoms with Crippen molar-refractivity contribution in [3.05, 3.63) is 12.3 Å². The van der Waals surface area contributed by atoms with Crippen molar-refractivity contribution in [3.63, 3.8) is 0 Å². The minimum Gasteiger partial charge on any atom is -0.481 e. The molecule has 8 nitrogen and oxygen atoms in total. The number of rotatable bonds is 7. The highest BCUT2D eigenvalue weighted by Gasteiger charge is 2.19. The topological polar surface area (TPSA) is 99.2 Å². The quantitative estimate of drug-likeness (QED) is 0.720. The lowest BCUT2D eigenvalue weighted by Gasteiger charge is -2.24. The standard InChI is InChI=1S/C12H22N2O5.C5H11N/c1-12(2,3)19-11(18)14(4)8-7-13-9(15)5-6-10(16)17;1-5(2)6(3)4/h5-8H2,1-4H3,(H,13,15)(H,16,17);1H2,2-4H3. The maximum absolute atomic E-state index is 11.6. The number of allylic oxidation sites excluding steroid dienone is 1. The van der Waals surface area contributed by atoms with Crippen molar-refractivity contribution in [1.29, 1.82) is 0 Å². The predicted octanol–water partition coefficient (Wildman–Crippen LogP) is 1.92. The lowest BCUT2D eigenvalue weighted by Crippen LogP contribution is -2.39. The summed E-state index contributed by atoms with van der Waals surface area (Å²) in [5.41, 5.74) is 0.533. The third-order valence-corrected chi connectivity index (χ3v) is 2.80. The summed E-state index contributed by atoms with van der Waals surface area (Å²) in [4.78, 5) is 36.4. The van der Waals surface area contributed by atoms with E-state index in [0.717, 1.165) is 5.70 Å². The van der Waals surface area contributed by atoms with Crippen LogP contribution in [0.5, 0.6) is 0 Å². The van der Waals surface area contributed by atoms with Gasteiger partial charge in [0.15, 0.2) is 0 Å². The fraction of sp³-hybridized carbons (Fsp3) is 0.706. The SMILES string of the molecule is C=C(C)N(C)C.CN(CCNC(=O)CCC(=O)O)C(=O)OC(C)(C)C. The van der Waals surface area contributed by atoms with Gasteiger partial charge in [0, 0.05) is 46.4 Å². The van der Waals surface area contributed by atoms with E-state index in [1.165, 1.54) is 4.90 Å². The van der Waals surface area contributed by atoms with Crippen LogP contribution in [0.4, 0.5) is 4.79 Å². The lowest BCUT2D eigenvalue weighted by atomic mass is 10.2. The van der Waals surface area contributed by atoms with Crippen molar-refractivity contribution in [2.24, 2.45) is 0 Å². The van der Waals surface area contributed by atoms with Crippen molar-refractivity contribution in [1.82, 2.24) is 15.1 Å². The van der Waals surface area contributed by atoms with Crippen LogP contribution < -0.4 is 5.32 Å². The normalized spacial score (nSPS) is 10.0. The van der Waals surface area contributed by atoms with E-state index in [0.29, 0.717) is 6.54 Å². The molecule has 0 heterocycles. The second-order valence-corrected chi connectivity index (χ2v) is 6.78. The summed E-state index contributed by atoms with van der Waals surface area (Å²) in [5.74, 6) is -1.36. The van der Waals surface area contributed by atoms with Gasteiger partial charge in [0.05, 0.1) is 6.42 Å². The number of nitrogens with one attached hydrogen (secondary N) is 1. The summed E-state index contributed by atoms with van der Waals surface area (Å²) in [6.45, 7) is 11.5. The van der Waals surface area contributed by atoms with Crippen molar-refractivity contribution in [2.45, 2.75) is 46.1 Å². The number of carboxylic acids is 1. The Hall–Kier alpha value is -2.25. The molecule has 2 amide bonds. The predicted molar refractivity (Wildman–Crippen MR) is 97.2 cm³/mol. The number of ether oxygens (including phenoxy) is 1. The monoisotopic (exact) mass is 359 g/mol. The number of hydrogen-bond acceptors (Lipinski definition) is 5. The largest absolute Gasteiger partial charge is 0.481 e. The Morgan fingerprint density at radius 2 is 1.60 bits per heavy atom. The number of carboxylic acid groups (broad SMARTS) is 1. The van der Waals surface area contributed by atoms with E-state index < -0.39 is 17.7 Å². The fourth-order valence-corrected chi connectivity index (χ4v) is 1.10. The first-order valence-corrected chi connectivity index (χ1v) is 8.01. The Balaban J connectivity index is 0. The van der Waals surface area contributed by atoms with E-state index in [4.69, 9.17) is 9.84 Å². The highest BCUT2D eigenvalue weighted by molar-refractivity contribution is 5.80. The van der Waals surface area contributed by atoms with Gasteiger partial charge < -0.3 is 25.0 Å². The molecule has 25 heavy (non-hydrogen) atoms. The van der Waals surface area contributed by atoms with Crippen LogP contribution in [0, 0.1) is 0 Å². The number of carbonyl (C=O) groups is 3. The molecule has 8 heteroatoms. The van der Waals surface area contributed by atoms with Gasteiger partial charge in [0.1, 0.15) is 5.60 Å². The Morgan fingerprint density at radius 3 is 1.96 bits per heavy atom. The van der Waals surface area contributed by atoms with Crippen LogP contribution in [0.2, 0.25) is 0 Å². The Kier molecular flexibility index (Phi) is 12.2. The van der Waals surface area contributed by atoms with Crippen molar-refractivity contribution in [2.75, 3.05) is 34.2 Å². The molecule has 0 bridgehead atoms. The van der Waals surface area contributed by atoms with Gasteiger partial charge >= 0.3 is 12.1 Å². The minimum atomic E-state index is -1.01. The molecule has 0 aliphatic carbocycles. The van der Waals surface area contributed by atoms with Crippen LogP contribution in [-0.4, -0.2) is 72.7 Å². The number of aliphatic carboxylic acids is 1. The van der Waals surface area contributed by atoms with Gasteiger partial charge in [-0.1, -0.05) is 6.58 Å². The van der Waals surface area contributed by atoms with Crippen LogP contribution in [0.1, 0.15) is 40.5 Å². The molecule has 0 radical (unpaired) electrons. The molecule has 0 aliphatic rings. The minimum absolute atomic E-state index is 0.0640. The van der Waals surface area contributed by atoms with Gasteiger partial charge in [-0.15, -0.1) is 0 Å². The average Bonchev–Trinajstić information content (AvgIpc) is 2.43. The Morgan fingerprint density at radius 1 is 1.12 bits per heavy atom. The van der Waals surface area contributed by atoms with Crippen LogP contribution in [0.15, 0.2) is 12.3 Å². The summed E-state index contributed by atoms with van der Waals surface area (Å²) in [6.07, 6.45) is -0.730. The first kappa shape index (κ1) is 25.0. The smallest absolute Gasteiger partial charge is 0.410 e. The third kappa shape index (κ3) is 17.9. The molecule has 2 N–H and O–H groups in total. The molecule has 146 valence electrons. The lowest BCUT2D eigenvalue weighted by molar-refractivity contribution is -0.138. The maximum atomic E-state index is 11.6. The van der Waals surface area contributed by atoms with E-state index in [1.54, 1.807) is 27.8 Å². The molecule has 0 aromatic heterocycles. The summed E-state index contributed by atoms with van der Waals surface area (Å²) < 4.78 is 5.13. The van der Waals surface area contributed by atoms with Crippen LogP contribution >= 0.6 is 0 Å². The van der Waals surface area contributed by atoms with E-state index in [1.807, 2.05) is 25.9 Å². The van der Waals surface area contributed by atoms with Gasteiger partial charge in [-0.3, -0.25) is 9.59 Å². The number of hydrogen-bond donors (Lipinski definition) is 2. The molecule has 0 saturated heterocycles. The molecule has 0 rings (SSSR count). The maximum Gasteiger partial charge on any atom is 0.410 e. The molecule has 0 saturated carbocycles. The zero-order chi connectivity index (χ0) is 20.2. The van der Waals surface area contributed by atoms with Crippen LogP contribution in [-0.2, 0) is 14.3 Å². The van der Waals surface area contributed by atoms with Gasteiger partial charge in [-0.25, -0.2) is 4.79 Å². The number of likely N-dealkylation sites (N-methyl/N-ethyl adjacent to an activating group) is 1. The van der Waals surface area contributed by atoms with Crippen molar-refractivity contribution >= 4 is 18.0 Å². The molecule has 0 unspecified atom stereocenters. The van der Waals surface area contributed by atoms with Gasteiger partial charge in [0.25, 0.3) is 0 Å². The van der Waals surface area contributed by atoms with E-state index >= 15 is 0 Å². The van der Waals surface area contributed by atoms with Crippen molar-refractivity contribution in [3.8, 4) is 0 Å². The van der Waals surface area contributed by atoms with Crippen LogP contribution in [0.25, 0.3) is 0 Å². The molecule has 0 aromatic carbocycles. The molecular formula is C17H33N3O5. The average molecular weight is 359 g/mol. The van der Waals surface area contributed by atoms with Crippen LogP contribution in [0.3, 0.4) is 0 Å². The fourth-order valence-electron chi connectivity index (χ4n) is 1.10. The Bertz CT molecular complexity index is 456. The second-order valence-electron chi connectivity index (χ2n) is 6.78. The summed E-state index contributed by atoms with van der Waals surface area (Å²) >= 11 is 0.